The van der Waals surface area contributed by atoms with Crippen LogP contribution in [-0.4, -0.2) is 29.0 Å². The average Bonchev–Trinajstić information content (AvgIpc) is 2.65. The predicted molar refractivity (Wildman–Crippen MR) is 73.3 cm³/mol. The molecule has 3 nitrogen and oxygen atoms in total. The molecule has 2 heterocycles. The van der Waals surface area contributed by atoms with E-state index in [9.17, 15) is 0 Å². The number of aromatic nitrogens is 1. The maximum Gasteiger partial charge on any atom is 0.107 e. The summed E-state index contributed by atoms with van der Waals surface area (Å²) in [4.78, 5) is 7.19. The molecule has 1 unspecified atom stereocenters. The molecule has 0 amide bonds. The van der Waals surface area contributed by atoms with Crippen molar-refractivity contribution in [3.05, 3.63) is 16.1 Å². The monoisotopic (exact) mass is 253 g/mol. The lowest BCUT2D eigenvalue weighted by Gasteiger charge is -2.18. The van der Waals surface area contributed by atoms with Crippen LogP contribution in [0.1, 0.15) is 49.7 Å². The van der Waals surface area contributed by atoms with Crippen LogP contribution in [0.4, 0.5) is 0 Å². The van der Waals surface area contributed by atoms with E-state index in [0.717, 1.165) is 19.5 Å². The third kappa shape index (κ3) is 3.76. The normalized spacial score (nSPS) is 22.9. The molecule has 0 bridgehead atoms. The zero-order chi connectivity index (χ0) is 12.3. The minimum Gasteiger partial charge on any atom is -0.328 e. The minimum atomic E-state index is 0.405. The molecular weight excluding hydrogens is 230 g/mol. The maximum absolute atomic E-state index is 5.99. The van der Waals surface area contributed by atoms with Gasteiger partial charge in [-0.05, 0) is 31.7 Å². The van der Waals surface area contributed by atoms with Gasteiger partial charge >= 0.3 is 0 Å². The number of nitrogens with two attached hydrogens (primary N) is 1. The maximum atomic E-state index is 5.99. The second-order valence-electron chi connectivity index (χ2n) is 5.29. The van der Waals surface area contributed by atoms with Gasteiger partial charge in [0.05, 0.1) is 12.2 Å². The highest BCUT2D eigenvalue weighted by Crippen LogP contribution is 2.20. The number of hydrogen-bond acceptors (Lipinski definition) is 4. The molecule has 4 heteroatoms. The number of likely N-dealkylation sites (tertiary alicyclic amines) is 1. The van der Waals surface area contributed by atoms with Gasteiger partial charge in [-0.25, -0.2) is 4.98 Å². The topological polar surface area (TPSA) is 42.1 Å². The van der Waals surface area contributed by atoms with Crippen LogP contribution in [0.2, 0.25) is 0 Å². The van der Waals surface area contributed by atoms with Gasteiger partial charge in [0.2, 0.25) is 0 Å². The Balaban J connectivity index is 1.90. The molecule has 2 N–H and O–H groups in total. The molecule has 2 rings (SSSR count). The van der Waals surface area contributed by atoms with E-state index in [-0.39, 0.29) is 0 Å². The predicted octanol–water partition coefficient (Wildman–Crippen LogP) is 2.58. The first-order chi connectivity index (χ1) is 8.15. The fourth-order valence-corrected chi connectivity index (χ4v) is 3.19. The Morgan fingerprint density at radius 3 is 3.00 bits per heavy atom. The summed E-state index contributed by atoms with van der Waals surface area (Å²) >= 11 is 1.80. The van der Waals surface area contributed by atoms with Crippen LogP contribution in [0.3, 0.4) is 0 Å². The zero-order valence-corrected chi connectivity index (χ0v) is 11.7. The van der Waals surface area contributed by atoms with Crippen molar-refractivity contribution in [1.82, 2.24) is 9.88 Å². The molecule has 1 aromatic rings. The van der Waals surface area contributed by atoms with Crippen molar-refractivity contribution in [2.75, 3.05) is 13.1 Å². The number of thiazole rings is 1. The fourth-order valence-electron chi connectivity index (χ4n) is 2.19. The van der Waals surface area contributed by atoms with Gasteiger partial charge in [-0.15, -0.1) is 11.3 Å². The Hall–Kier alpha value is -0.450. The zero-order valence-electron chi connectivity index (χ0n) is 10.9. The first-order valence-corrected chi connectivity index (χ1v) is 7.45. The van der Waals surface area contributed by atoms with E-state index >= 15 is 0 Å². The van der Waals surface area contributed by atoms with Gasteiger partial charge in [0.1, 0.15) is 5.01 Å². The van der Waals surface area contributed by atoms with E-state index in [1.165, 1.54) is 30.1 Å². The smallest absolute Gasteiger partial charge is 0.107 e. The van der Waals surface area contributed by atoms with Gasteiger partial charge in [0, 0.05) is 18.0 Å². The van der Waals surface area contributed by atoms with Crippen LogP contribution in [0.15, 0.2) is 5.38 Å². The Morgan fingerprint density at radius 1 is 1.47 bits per heavy atom. The summed E-state index contributed by atoms with van der Waals surface area (Å²) < 4.78 is 0. The van der Waals surface area contributed by atoms with Crippen molar-refractivity contribution in [2.24, 2.45) is 5.73 Å². The number of nitrogens with zero attached hydrogens (tertiary/aromatic N) is 2. The highest BCUT2D eigenvalue weighted by Gasteiger charge is 2.15. The van der Waals surface area contributed by atoms with Crippen LogP contribution in [0.5, 0.6) is 0 Å². The van der Waals surface area contributed by atoms with Crippen molar-refractivity contribution >= 4 is 11.3 Å². The van der Waals surface area contributed by atoms with Crippen LogP contribution in [0, 0.1) is 0 Å². The van der Waals surface area contributed by atoms with Crippen LogP contribution in [-0.2, 0) is 6.54 Å². The van der Waals surface area contributed by atoms with Crippen molar-refractivity contribution < 1.29 is 0 Å². The summed E-state index contributed by atoms with van der Waals surface area (Å²) in [6, 6.07) is 0.405. The van der Waals surface area contributed by atoms with Gasteiger partial charge in [-0.2, -0.15) is 0 Å². The molecule has 0 saturated carbocycles. The molecule has 1 atom stereocenters. The standard InChI is InChI=1S/C13H23N3S/c1-10(2)12-9-17-13(15-12)8-16-6-3-4-11(14)5-7-16/h9-11H,3-8,14H2,1-2H3. The lowest BCUT2D eigenvalue weighted by Crippen LogP contribution is -2.26. The summed E-state index contributed by atoms with van der Waals surface area (Å²) in [5.74, 6) is 0.539. The largest absolute Gasteiger partial charge is 0.328 e. The molecule has 17 heavy (non-hydrogen) atoms. The fraction of sp³-hybridized carbons (Fsp3) is 0.769. The molecule has 96 valence electrons. The van der Waals surface area contributed by atoms with Gasteiger partial charge in [0.15, 0.2) is 0 Å². The minimum absolute atomic E-state index is 0.405. The van der Waals surface area contributed by atoms with Gasteiger partial charge in [0.25, 0.3) is 0 Å². The van der Waals surface area contributed by atoms with Gasteiger partial charge in [-0.3, -0.25) is 4.90 Å². The first kappa shape index (κ1) is 13.0. The highest BCUT2D eigenvalue weighted by atomic mass is 32.1. The SMILES string of the molecule is CC(C)c1csc(CN2CCCC(N)CC2)n1. The molecule has 0 aliphatic carbocycles. The molecule has 1 fully saturated rings. The molecule has 1 aliphatic heterocycles. The second kappa shape index (κ2) is 5.94. The van der Waals surface area contributed by atoms with E-state index in [0.29, 0.717) is 12.0 Å². The highest BCUT2D eigenvalue weighted by molar-refractivity contribution is 7.09. The van der Waals surface area contributed by atoms with Crippen molar-refractivity contribution in [2.45, 2.75) is 51.6 Å². The summed E-state index contributed by atoms with van der Waals surface area (Å²) in [5, 5.41) is 3.45. The van der Waals surface area contributed by atoms with Gasteiger partial charge < -0.3 is 5.73 Å². The Kier molecular flexibility index (Phi) is 4.54. The van der Waals surface area contributed by atoms with E-state index in [2.05, 4.69) is 24.1 Å². The second-order valence-corrected chi connectivity index (χ2v) is 6.23. The summed E-state index contributed by atoms with van der Waals surface area (Å²) in [6.07, 6.45) is 3.53. The van der Waals surface area contributed by atoms with E-state index in [1.54, 1.807) is 11.3 Å². The Labute approximate surface area is 108 Å². The average molecular weight is 253 g/mol. The van der Waals surface area contributed by atoms with Crippen molar-refractivity contribution in [1.29, 1.82) is 0 Å². The number of hydrogen-bond donors (Lipinski definition) is 1. The molecule has 1 aromatic heterocycles. The lowest BCUT2D eigenvalue weighted by atomic mass is 10.1. The molecule has 0 aromatic carbocycles. The summed E-state index contributed by atoms with van der Waals surface area (Å²) in [6.45, 7) is 7.69. The quantitative estimate of drug-likeness (QED) is 0.900. The summed E-state index contributed by atoms with van der Waals surface area (Å²) in [7, 11) is 0. The number of rotatable bonds is 3. The van der Waals surface area contributed by atoms with E-state index in [1.807, 2.05) is 0 Å². The summed E-state index contributed by atoms with van der Waals surface area (Å²) in [5.41, 5.74) is 7.23. The Bertz CT molecular complexity index is 348. The molecule has 0 spiro atoms. The van der Waals surface area contributed by atoms with Gasteiger partial charge in [-0.1, -0.05) is 13.8 Å². The van der Waals surface area contributed by atoms with Crippen LogP contribution < -0.4 is 5.73 Å². The third-order valence-electron chi connectivity index (χ3n) is 3.39. The Morgan fingerprint density at radius 2 is 2.29 bits per heavy atom. The molecule has 1 aliphatic rings. The van der Waals surface area contributed by atoms with Crippen molar-refractivity contribution in [3.8, 4) is 0 Å². The van der Waals surface area contributed by atoms with Crippen molar-refractivity contribution in [3.63, 3.8) is 0 Å². The third-order valence-corrected chi connectivity index (χ3v) is 4.24. The lowest BCUT2D eigenvalue weighted by molar-refractivity contribution is 0.275. The molecular formula is C13H23N3S. The first-order valence-electron chi connectivity index (χ1n) is 6.57. The van der Waals surface area contributed by atoms with E-state index in [4.69, 9.17) is 10.7 Å². The van der Waals surface area contributed by atoms with E-state index < -0.39 is 0 Å². The molecule has 0 radical (unpaired) electrons. The molecule has 1 saturated heterocycles. The van der Waals surface area contributed by atoms with Crippen LogP contribution >= 0.6 is 11.3 Å². The van der Waals surface area contributed by atoms with Crippen LogP contribution in [0.25, 0.3) is 0 Å².